The number of nitrogens with two attached hydrogens (primary N) is 1. The Morgan fingerprint density at radius 2 is 1.46 bits per heavy atom. The normalized spacial score (nSPS) is 15.1. The lowest BCUT2D eigenvalue weighted by molar-refractivity contribution is -0.142. The van der Waals surface area contributed by atoms with E-state index in [2.05, 4.69) is 0 Å². The quantitative estimate of drug-likeness (QED) is 0.422. The second-order valence-corrected chi connectivity index (χ2v) is 6.50. The van der Waals surface area contributed by atoms with Crippen molar-refractivity contribution in [2.75, 3.05) is 0 Å². The zero-order valence-corrected chi connectivity index (χ0v) is 15.0. The van der Waals surface area contributed by atoms with Gasteiger partial charge in [-0.25, -0.2) is 0 Å². The van der Waals surface area contributed by atoms with Crippen LogP contribution in [-0.2, 0) is 20.8 Å². The molecule has 2 aromatic rings. The average molecular weight is 378 g/mol. The van der Waals surface area contributed by atoms with Crippen LogP contribution in [0.2, 0.25) is 0 Å². The topological polar surface area (TPSA) is 115 Å². The van der Waals surface area contributed by atoms with Gasteiger partial charge in [0.2, 0.25) is 0 Å². The molecular weight excluding hydrogens is 360 g/mol. The number of carbonyl (C=O) groups is 5. The summed E-state index contributed by atoms with van der Waals surface area (Å²) in [7, 11) is 0. The van der Waals surface area contributed by atoms with E-state index < -0.39 is 35.5 Å². The molecule has 7 nitrogen and oxygen atoms in total. The molecule has 0 radical (unpaired) electrons. The van der Waals surface area contributed by atoms with E-state index in [0.29, 0.717) is 11.2 Å². The third-order valence-corrected chi connectivity index (χ3v) is 4.91. The molecular formula is C21H18N2O5. The second kappa shape index (κ2) is 7.56. The van der Waals surface area contributed by atoms with Crippen LogP contribution in [-0.4, -0.2) is 40.2 Å². The molecule has 0 saturated heterocycles. The largest absolute Gasteiger partial charge is 0.367 e. The first-order valence-corrected chi connectivity index (χ1v) is 8.72. The van der Waals surface area contributed by atoms with Crippen LogP contribution in [0.3, 0.4) is 0 Å². The third-order valence-electron chi connectivity index (χ3n) is 4.91. The Morgan fingerprint density at radius 3 is 1.96 bits per heavy atom. The average Bonchev–Trinajstić information content (AvgIpc) is 2.96. The van der Waals surface area contributed by atoms with Gasteiger partial charge in [0.05, 0.1) is 11.1 Å². The fraction of sp³-hybridized carbons (Fsp3) is 0.190. The van der Waals surface area contributed by atoms with Gasteiger partial charge in [-0.1, -0.05) is 42.5 Å². The van der Waals surface area contributed by atoms with Crippen molar-refractivity contribution in [3.8, 4) is 0 Å². The number of ketones is 1. The lowest BCUT2D eigenvalue weighted by Crippen LogP contribution is -2.64. The van der Waals surface area contributed by atoms with Crippen molar-refractivity contribution >= 4 is 29.8 Å². The molecule has 2 aromatic carbocycles. The highest BCUT2D eigenvalue weighted by atomic mass is 16.2. The minimum Gasteiger partial charge on any atom is -0.367 e. The summed E-state index contributed by atoms with van der Waals surface area (Å²) in [6.45, 7) is 0. The van der Waals surface area contributed by atoms with Gasteiger partial charge in [0.25, 0.3) is 17.7 Å². The molecule has 3 rings (SSSR count). The van der Waals surface area contributed by atoms with E-state index in [4.69, 9.17) is 5.73 Å². The van der Waals surface area contributed by atoms with E-state index >= 15 is 0 Å². The van der Waals surface area contributed by atoms with Gasteiger partial charge in [-0.2, -0.15) is 0 Å². The van der Waals surface area contributed by atoms with E-state index in [0.717, 1.165) is 5.56 Å². The van der Waals surface area contributed by atoms with Crippen LogP contribution in [0.25, 0.3) is 0 Å². The van der Waals surface area contributed by atoms with E-state index in [1.54, 1.807) is 36.4 Å². The molecule has 0 saturated carbocycles. The second-order valence-electron chi connectivity index (χ2n) is 6.50. The number of imide groups is 1. The first kappa shape index (κ1) is 19.2. The fourth-order valence-corrected chi connectivity index (χ4v) is 3.44. The van der Waals surface area contributed by atoms with E-state index in [9.17, 15) is 24.0 Å². The number of aryl methyl sites for hydroxylation is 1. The molecule has 1 aliphatic heterocycles. The zero-order valence-electron chi connectivity index (χ0n) is 15.0. The number of hydrogen-bond donors (Lipinski definition) is 1. The summed E-state index contributed by atoms with van der Waals surface area (Å²) in [5, 5.41) is 0. The number of Topliss-reactive ketones (excluding diaryl/α,β-unsaturated/α-hetero) is 1. The van der Waals surface area contributed by atoms with Crippen LogP contribution >= 0.6 is 0 Å². The van der Waals surface area contributed by atoms with Gasteiger partial charge in [0, 0.05) is 12.8 Å². The van der Waals surface area contributed by atoms with Crippen LogP contribution < -0.4 is 5.73 Å². The highest BCUT2D eigenvalue weighted by molar-refractivity contribution is 6.28. The van der Waals surface area contributed by atoms with Crippen LogP contribution in [0.5, 0.6) is 0 Å². The smallest absolute Gasteiger partial charge is 0.262 e. The molecule has 0 aliphatic carbocycles. The Kier molecular flexibility index (Phi) is 5.17. The molecule has 1 heterocycles. The number of amides is 3. The lowest BCUT2D eigenvalue weighted by atomic mass is 9.84. The number of fused-ring (bicyclic) bond motifs is 1. The first-order valence-electron chi connectivity index (χ1n) is 8.72. The molecule has 2 N–H and O–H groups in total. The summed E-state index contributed by atoms with van der Waals surface area (Å²) in [5.41, 5.74) is 4.13. The van der Waals surface area contributed by atoms with Gasteiger partial charge in [-0.05, 0) is 24.1 Å². The van der Waals surface area contributed by atoms with Crippen molar-refractivity contribution in [3.63, 3.8) is 0 Å². The number of carbonyl (C=O) groups excluding carboxylic acids is 5. The van der Waals surface area contributed by atoms with Crippen LogP contribution in [0, 0.1) is 0 Å². The minimum absolute atomic E-state index is 0.0693. The molecule has 0 spiro atoms. The maximum absolute atomic E-state index is 13.1. The molecule has 142 valence electrons. The Balaban J connectivity index is 2.00. The van der Waals surface area contributed by atoms with Gasteiger partial charge in [-0.15, -0.1) is 0 Å². The van der Waals surface area contributed by atoms with Gasteiger partial charge in [-0.3, -0.25) is 24.1 Å². The lowest BCUT2D eigenvalue weighted by Gasteiger charge is -2.35. The van der Waals surface area contributed by atoms with Crippen molar-refractivity contribution in [3.05, 3.63) is 71.3 Å². The van der Waals surface area contributed by atoms with Crippen molar-refractivity contribution in [1.29, 1.82) is 0 Å². The Hall–Kier alpha value is -3.61. The maximum atomic E-state index is 13.1. The standard InChI is InChI=1S/C21H18N2O5/c22-20(28)21(12-13-24,17(25)11-10-14-6-2-1-3-7-14)23-18(26)15-8-4-5-9-16(15)19(23)27/h1-9,13H,10-12H2,(H2,22,28). The molecule has 7 heteroatoms. The summed E-state index contributed by atoms with van der Waals surface area (Å²) >= 11 is 0. The summed E-state index contributed by atoms with van der Waals surface area (Å²) in [5.74, 6) is -3.57. The van der Waals surface area contributed by atoms with Gasteiger partial charge >= 0.3 is 0 Å². The summed E-state index contributed by atoms with van der Waals surface area (Å²) < 4.78 is 0. The third kappa shape index (κ3) is 3.00. The molecule has 0 aromatic heterocycles. The number of nitrogens with zero attached hydrogens (tertiary/aromatic N) is 1. The Bertz CT molecular complexity index is 935. The summed E-state index contributed by atoms with van der Waals surface area (Å²) in [6.07, 6.45) is -0.235. The minimum atomic E-state index is -2.34. The van der Waals surface area contributed by atoms with Crippen molar-refractivity contribution < 1.29 is 24.0 Å². The molecule has 0 bridgehead atoms. The van der Waals surface area contributed by atoms with Crippen molar-refractivity contribution in [2.24, 2.45) is 5.73 Å². The molecule has 1 aliphatic rings. The molecule has 28 heavy (non-hydrogen) atoms. The Labute approximate surface area is 161 Å². The number of aldehydes is 1. The van der Waals surface area contributed by atoms with E-state index in [1.807, 2.05) is 6.07 Å². The molecule has 1 atom stereocenters. The highest BCUT2D eigenvalue weighted by Gasteiger charge is 2.56. The zero-order chi connectivity index (χ0) is 20.3. The first-order chi connectivity index (χ1) is 13.4. The number of hydrogen-bond acceptors (Lipinski definition) is 5. The predicted octanol–water partition coefficient (Wildman–Crippen LogP) is 1.30. The van der Waals surface area contributed by atoms with Crippen LogP contribution in [0.4, 0.5) is 0 Å². The van der Waals surface area contributed by atoms with Gasteiger partial charge in [0.15, 0.2) is 11.3 Å². The van der Waals surface area contributed by atoms with Crippen LogP contribution in [0.1, 0.15) is 39.1 Å². The number of primary amides is 1. The maximum Gasteiger partial charge on any atom is 0.262 e. The summed E-state index contributed by atoms with van der Waals surface area (Å²) in [4.78, 5) is 63.1. The van der Waals surface area contributed by atoms with Gasteiger partial charge in [0.1, 0.15) is 6.29 Å². The predicted molar refractivity (Wildman–Crippen MR) is 99.3 cm³/mol. The fourth-order valence-electron chi connectivity index (χ4n) is 3.44. The molecule has 1 unspecified atom stereocenters. The number of rotatable bonds is 8. The SMILES string of the molecule is NC(=O)C(CC=O)(C(=O)CCc1ccccc1)N1C(=O)c2ccccc2C1=O. The summed E-state index contributed by atoms with van der Waals surface area (Å²) in [6, 6.07) is 15.0. The van der Waals surface area contributed by atoms with Crippen molar-refractivity contribution in [2.45, 2.75) is 24.8 Å². The van der Waals surface area contributed by atoms with Crippen LogP contribution in [0.15, 0.2) is 54.6 Å². The number of benzene rings is 2. The van der Waals surface area contributed by atoms with Crippen molar-refractivity contribution in [1.82, 2.24) is 4.90 Å². The van der Waals surface area contributed by atoms with E-state index in [-0.39, 0.29) is 24.0 Å². The highest BCUT2D eigenvalue weighted by Crippen LogP contribution is 2.33. The molecule has 0 fully saturated rings. The molecule has 3 amide bonds. The van der Waals surface area contributed by atoms with E-state index in [1.165, 1.54) is 12.1 Å². The monoisotopic (exact) mass is 378 g/mol. The Morgan fingerprint density at radius 1 is 0.929 bits per heavy atom. The van der Waals surface area contributed by atoms with Gasteiger partial charge < -0.3 is 10.5 Å².